The number of aromatic amines is 1. The molecule has 4 rings (SSSR count). The van der Waals surface area contributed by atoms with Crippen molar-refractivity contribution in [3.05, 3.63) is 41.8 Å². The molecule has 0 amide bonds. The van der Waals surface area contributed by atoms with Gasteiger partial charge in [-0.1, -0.05) is 0 Å². The van der Waals surface area contributed by atoms with E-state index in [1.165, 1.54) is 6.07 Å². The number of nitrogens with one attached hydrogen (secondary N) is 1. The minimum Gasteiger partial charge on any atom is -0.392 e. The third kappa shape index (κ3) is 2.61. The first-order chi connectivity index (χ1) is 11.8. The van der Waals surface area contributed by atoms with E-state index in [2.05, 4.69) is 20.1 Å². The van der Waals surface area contributed by atoms with Gasteiger partial charge in [-0.25, -0.2) is 9.37 Å². The van der Waals surface area contributed by atoms with Crippen LogP contribution in [-0.2, 0) is 11.3 Å². The van der Waals surface area contributed by atoms with Gasteiger partial charge in [-0.15, -0.1) is 0 Å². The number of aliphatic hydroxyl groups excluding tert-OH is 1. The molecule has 7 heteroatoms. The average Bonchev–Trinajstić information content (AvgIpc) is 3.04. The number of nitrogens with zero attached hydrogens (tertiary/aromatic N) is 3. The molecule has 1 fully saturated rings. The van der Waals surface area contributed by atoms with Crippen molar-refractivity contribution in [1.82, 2.24) is 15.2 Å². The molecule has 1 saturated heterocycles. The highest BCUT2D eigenvalue weighted by atomic mass is 19.1. The van der Waals surface area contributed by atoms with Crippen LogP contribution in [0.5, 0.6) is 0 Å². The molecule has 0 bridgehead atoms. The molecule has 1 aliphatic rings. The third-order valence-corrected chi connectivity index (χ3v) is 4.25. The Labute approximate surface area is 137 Å². The van der Waals surface area contributed by atoms with Crippen LogP contribution in [0, 0.1) is 5.82 Å². The number of halogens is 1. The van der Waals surface area contributed by atoms with Crippen LogP contribution in [0.25, 0.3) is 22.2 Å². The van der Waals surface area contributed by atoms with Gasteiger partial charge in [-0.3, -0.25) is 5.10 Å². The van der Waals surface area contributed by atoms with Crippen molar-refractivity contribution in [3.8, 4) is 11.3 Å². The molecule has 0 unspecified atom stereocenters. The summed E-state index contributed by atoms with van der Waals surface area (Å²) >= 11 is 0. The number of ether oxygens (including phenoxy) is 1. The van der Waals surface area contributed by atoms with Crippen LogP contribution in [0.4, 0.5) is 10.2 Å². The molecule has 124 valence electrons. The van der Waals surface area contributed by atoms with Crippen molar-refractivity contribution < 1.29 is 14.2 Å². The molecule has 24 heavy (non-hydrogen) atoms. The van der Waals surface area contributed by atoms with Gasteiger partial charge in [0, 0.05) is 35.8 Å². The van der Waals surface area contributed by atoms with Gasteiger partial charge in [0.15, 0.2) is 0 Å². The second kappa shape index (κ2) is 6.18. The first-order valence-corrected chi connectivity index (χ1v) is 7.83. The number of H-pyrrole nitrogens is 1. The van der Waals surface area contributed by atoms with Crippen LogP contribution < -0.4 is 4.90 Å². The lowest BCUT2D eigenvalue weighted by Crippen LogP contribution is -2.36. The lowest BCUT2D eigenvalue weighted by molar-refractivity contribution is 0.122. The Morgan fingerprint density at radius 3 is 2.88 bits per heavy atom. The smallest absolute Gasteiger partial charge is 0.130 e. The van der Waals surface area contributed by atoms with E-state index in [9.17, 15) is 9.50 Å². The van der Waals surface area contributed by atoms with Crippen LogP contribution in [0.2, 0.25) is 0 Å². The number of pyridine rings is 1. The van der Waals surface area contributed by atoms with Gasteiger partial charge >= 0.3 is 0 Å². The van der Waals surface area contributed by atoms with Gasteiger partial charge < -0.3 is 14.7 Å². The molecular formula is C17H17FN4O2. The molecular weight excluding hydrogens is 311 g/mol. The summed E-state index contributed by atoms with van der Waals surface area (Å²) in [6.45, 7) is 2.64. The van der Waals surface area contributed by atoms with Crippen molar-refractivity contribution >= 4 is 16.7 Å². The number of aliphatic hydroxyl groups is 1. The zero-order valence-electron chi connectivity index (χ0n) is 13.0. The Morgan fingerprint density at radius 2 is 2.08 bits per heavy atom. The molecule has 1 aliphatic heterocycles. The topological polar surface area (TPSA) is 74.3 Å². The molecule has 0 radical (unpaired) electrons. The zero-order chi connectivity index (χ0) is 16.5. The van der Waals surface area contributed by atoms with Crippen LogP contribution >= 0.6 is 0 Å². The Morgan fingerprint density at radius 1 is 1.25 bits per heavy atom. The van der Waals surface area contributed by atoms with Crippen LogP contribution in [0.15, 0.2) is 30.5 Å². The molecule has 2 aromatic heterocycles. The fourth-order valence-corrected chi connectivity index (χ4v) is 2.96. The second-order valence-electron chi connectivity index (χ2n) is 5.72. The monoisotopic (exact) mass is 328 g/mol. The van der Waals surface area contributed by atoms with Gasteiger partial charge in [0.1, 0.15) is 17.3 Å². The summed E-state index contributed by atoms with van der Waals surface area (Å²) in [7, 11) is 0. The Hall–Kier alpha value is -2.51. The van der Waals surface area contributed by atoms with E-state index in [4.69, 9.17) is 4.74 Å². The highest BCUT2D eigenvalue weighted by Crippen LogP contribution is 2.30. The number of benzene rings is 1. The molecule has 0 saturated carbocycles. The minimum absolute atomic E-state index is 0.257. The Balaban J connectivity index is 1.77. The fourth-order valence-electron chi connectivity index (χ4n) is 2.96. The molecule has 0 atom stereocenters. The number of morpholine rings is 1. The molecule has 0 aliphatic carbocycles. The van der Waals surface area contributed by atoms with Crippen molar-refractivity contribution in [3.63, 3.8) is 0 Å². The first-order valence-electron chi connectivity index (χ1n) is 7.83. The molecule has 1 aromatic carbocycles. The highest BCUT2D eigenvalue weighted by Gasteiger charge is 2.16. The van der Waals surface area contributed by atoms with Gasteiger partial charge in [-0.2, -0.15) is 5.10 Å². The van der Waals surface area contributed by atoms with Crippen molar-refractivity contribution in [2.24, 2.45) is 0 Å². The number of hydrogen-bond donors (Lipinski definition) is 2. The normalized spacial score (nSPS) is 15.2. The summed E-state index contributed by atoms with van der Waals surface area (Å²) in [6, 6.07) is 6.85. The van der Waals surface area contributed by atoms with E-state index in [0.29, 0.717) is 18.7 Å². The third-order valence-electron chi connectivity index (χ3n) is 4.25. The van der Waals surface area contributed by atoms with Crippen molar-refractivity contribution in [2.45, 2.75) is 6.61 Å². The van der Waals surface area contributed by atoms with E-state index in [1.54, 1.807) is 12.3 Å². The number of aromatic nitrogens is 3. The molecule has 3 aromatic rings. The van der Waals surface area contributed by atoms with Crippen molar-refractivity contribution in [1.29, 1.82) is 0 Å². The van der Waals surface area contributed by atoms with Crippen molar-refractivity contribution in [2.75, 3.05) is 31.2 Å². The Bertz CT molecular complexity index is 874. The van der Waals surface area contributed by atoms with Crippen LogP contribution in [-0.4, -0.2) is 46.6 Å². The lowest BCUT2D eigenvalue weighted by atomic mass is 10.1. The summed E-state index contributed by atoms with van der Waals surface area (Å²) in [5, 5.41) is 17.2. The van der Waals surface area contributed by atoms with E-state index in [1.807, 2.05) is 12.1 Å². The van der Waals surface area contributed by atoms with E-state index in [-0.39, 0.29) is 12.2 Å². The van der Waals surface area contributed by atoms with E-state index in [0.717, 1.165) is 35.6 Å². The van der Waals surface area contributed by atoms with Crippen LogP contribution in [0.3, 0.4) is 0 Å². The molecule has 2 N–H and O–H groups in total. The number of rotatable bonds is 3. The van der Waals surface area contributed by atoms with Gasteiger partial charge in [0.05, 0.1) is 25.3 Å². The second-order valence-corrected chi connectivity index (χ2v) is 5.72. The zero-order valence-corrected chi connectivity index (χ0v) is 13.0. The first kappa shape index (κ1) is 15.0. The Kier molecular flexibility index (Phi) is 3.87. The fraction of sp³-hybridized carbons (Fsp3) is 0.294. The molecule has 6 nitrogen and oxygen atoms in total. The summed E-state index contributed by atoms with van der Waals surface area (Å²) in [4.78, 5) is 6.60. The number of anilines is 1. The van der Waals surface area contributed by atoms with Gasteiger partial charge in [0.2, 0.25) is 0 Å². The van der Waals surface area contributed by atoms with E-state index < -0.39 is 5.82 Å². The van der Waals surface area contributed by atoms with Gasteiger partial charge in [-0.05, 0) is 24.3 Å². The largest absolute Gasteiger partial charge is 0.392 e. The summed E-state index contributed by atoms with van der Waals surface area (Å²) in [5.41, 5.74) is 2.47. The lowest BCUT2D eigenvalue weighted by Gasteiger charge is -2.27. The average molecular weight is 328 g/mol. The standard InChI is InChI=1S/C17H17FN4O2/c18-14-9-15-13(7-12(14)10-23)17(21-20-15)11-1-2-19-16(8-11)22-3-5-24-6-4-22/h1-2,7-9,23H,3-6,10H2,(H,20,21). The van der Waals surface area contributed by atoms with E-state index >= 15 is 0 Å². The minimum atomic E-state index is -0.441. The summed E-state index contributed by atoms with van der Waals surface area (Å²) in [6.07, 6.45) is 1.75. The molecule has 3 heterocycles. The summed E-state index contributed by atoms with van der Waals surface area (Å²) < 4.78 is 19.2. The van der Waals surface area contributed by atoms with Gasteiger partial charge in [0.25, 0.3) is 0 Å². The SMILES string of the molecule is OCc1cc2c(-c3ccnc(N4CCOCC4)c3)n[nH]c2cc1F. The predicted molar refractivity (Wildman–Crippen MR) is 88.2 cm³/mol. The quantitative estimate of drug-likeness (QED) is 0.770. The predicted octanol–water partition coefficient (Wildman–Crippen LogP) is 2.09. The maximum Gasteiger partial charge on any atom is 0.130 e. The highest BCUT2D eigenvalue weighted by molar-refractivity contribution is 5.93. The maximum atomic E-state index is 13.8. The van der Waals surface area contributed by atoms with Crippen LogP contribution in [0.1, 0.15) is 5.56 Å². The number of hydrogen-bond acceptors (Lipinski definition) is 5. The summed E-state index contributed by atoms with van der Waals surface area (Å²) in [5.74, 6) is 0.431. The molecule has 0 spiro atoms. The maximum absolute atomic E-state index is 13.8. The number of fused-ring (bicyclic) bond motifs is 1.